The SMILES string of the molecule is CCOCCOc1ccc(CC(C(=O)O)N2CCN(CC(=O)[O-])CCN(CC(CC)C(=O)[O-])CCN(CC(=O)OC)CC2)cc1. The van der Waals surface area contributed by atoms with Crippen LogP contribution < -0.4 is 14.9 Å². The first-order valence-corrected chi connectivity index (χ1v) is 15.5. The number of ether oxygens (including phenoxy) is 3. The molecule has 1 heterocycles. The van der Waals surface area contributed by atoms with Gasteiger partial charge in [0.25, 0.3) is 0 Å². The molecule has 0 spiro atoms. The summed E-state index contributed by atoms with van der Waals surface area (Å²) in [6, 6.07) is 6.28. The first-order chi connectivity index (χ1) is 21.6. The van der Waals surface area contributed by atoms with E-state index in [4.69, 9.17) is 14.2 Å². The van der Waals surface area contributed by atoms with Crippen molar-refractivity contribution >= 4 is 23.9 Å². The largest absolute Gasteiger partial charge is 0.550 e. The van der Waals surface area contributed by atoms with Gasteiger partial charge in [-0.05, 0) is 37.5 Å². The lowest BCUT2D eigenvalue weighted by molar-refractivity contribution is -0.312. The maximum absolute atomic E-state index is 12.6. The quantitative estimate of drug-likeness (QED) is 0.147. The Labute approximate surface area is 265 Å². The zero-order valence-corrected chi connectivity index (χ0v) is 26.7. The van der Waals surface area contributed by atoms with Crippen LogP contribution in [-0.4, -0.2) is 154 Å². The van der Waals surface area contributed by atoms with Gasteiger partial charge in [-0.15, -0.1) is 0 Å². The number of benzene rings is 1. The van der Waals surface area contributed by atoms with Crippen LogP contribution in [0.3, 0.4) is 0 Å². The molecule has 0 saturated carbocycles. The Morgan fingerprint density at radius 2 is 1.42 bits per heavy atom. The van der Waals surface area contributed by atoms with Crippen LogP contribution in [0.1, 0.15) is 25.8 Å². The van der Waals surface area contributed by atoms with E-state index in [2.05, 4.69) is 0 Å². The van der Waals surface area contributed by atoms with E-state index in [1.165, 1.54) is 7.11 Å². The van der Waals surface area contributed by atoms with Crippen LogP contribution in [0.15, 0.2) is 24.3 Å². The number of esters is 1. The van der Waals surface area contributed by atoms with Crippen LogP contribution in [0.2, 0.25) is 0 Å². The summed E-state index contributed by atoms with van der Waals surface area (Å²) in [7, 11) is 1.30. The fourth-order valence-corrected chi connectivity index (χ4v) is 5.16. The number of carbonyl (C=O) groups is 4. The molecule has 0 aliphatic carbocycles. The number of carboxylic acid groups (broad SMARTS) is 3. The smallest absolute Gasteiger partial charge is 0.321 e. The van der Waals surface area contributed by atoms with Gasteiger partial charge in [0.2, 0.25) is 0 Å². The van der Waals surface area contributed by atoms with Crippen LogP contribution in [0.25, 0.3) is 0 Å². The van der Waals surface area contributed by atoms with Crippen LogP contribution in [0.4, 0.5) is 0 Å². The minimum Gasteiger partial charge on any atom is -0.550 e. The second-order valence-corrected chi connectivity index (χ2v) is 11.0. The number of rotatable bonds is 17. The second-order valence-electron chi connectivity index (χ2n) is 11.0. The topological polar surface area (TPSA) is 175 Å². The van der Waals surface area contributed by atoms with Crippen molar-refractivity contribution in [1.29, 1.82) is 0 Å². The molecule has 45 heavy (non-hydrogen) atoms. The van der Waals surface area contributed by atoms with Gasteiger partial charge in [0.05, 0.1) is 26.2 Å². The van der Waals surface area contributed by atoms with Crippen molar-refractivity contribution in [2.75, 3.05) is 98.9 Å². The fraction of sp³-hybridized carbons (Fsp3) is 0.677. The van der Waals surface area contributed by atoms with E-state index in [0.717, 1.165) is 5.56 Å². The first kappa shape index (κ1) is 37.9. The minimum absolute atomic E-state index is 0.0187. The average molecular weight is 637 g/mol. The monoisotopic (exact) mass is 636 g/mol. The van der Waals surface area contributed by atoms with Crippen molar-refractivity contribution in [3.05, 3.63) is 29.8 Å². The van der Waals surface area contributed by atoms with E-state index in [9.17, 15) is 34.5 Å². The Bertz CT molecular complexity index is 1060. The molecule has 2 atom stereocenters. The molecule has 0 amide bonds. The molecule has 14 nitrogen and oxygen atoms in total. The fourth-order valence-electron chi connectivity index (χ4n) is 5.16. The van der Waals surface area contributed by atoms with E-state index in [1.807, 2.05) is 28.9 Å². The van der Waals surface area contributed by atoms with Gasteiger partial charge in [-0.3, -0.25) is 24.3 Å². The maximum atomic E-state index is 12.6. The molecule has 1 aliphatic heterocycles. The van der Waals surface area contributed by atoms with E-state index in [1.54, 1.807) is 28.9 Å². The lowest BCUT2D eigenvalue weighted by Gasteiger charge is -2.37. The van der Waals surface area contributed by atoms with Crippen molar-refractivity contribution in [2.24, 2.45) is 5.92 Å². The summed E-state index contributed by atoms with van der Waals surface area (Å²) in [4.78, 5) is 55.3. The van der Waals surface area contributed by atoms with Crippen molar-refractivity contribution in [2.45, 2.75) is 32.7 Å². The van der Waals surface area contributed by atoms with Gasteiger partial charge in [0.15, 0.2) is 0 Å². The number of hydrogen-bond acceptors (Lipinski definition) is 13. The Morgan fingerprint density at radius 3 is 1.93 bits per heavy atom. The van der Waals surface area contributed by atoms with Crippen LogP contribution in [0.5, 0.6) is 5.75 Å². The number of carbonyl (C=O) groups excluding carboxylic acids is 3. The molecular formula is C31H48N4O10-2. The lowest BCUT2D eigenvalue weighted by atomic mass is 10.0. The van der Waals surface area contributed by atoms with Gasteiger partial charge in [0, 0.05) is 83.9 Å². The predicted molar refractivity (Wildman–Crippen MR) is 160 cm³/mol. The number of methoxy groups -OCH3 is 1. The highest BCUT2D eigenvalue weighted by atomic mass is 16.5. The third-order valence-corrected chi connectivity index (χ3v) is 7.89. The highest BCUT2D eigenvalue weighted by molar-refractivity contribution is 5.74. The van der Waals surface area contributed by atoms with Crippen molar-refractivity contribution in [3.63, 3.8) is 0 Å². The van der Waals surface area contributed by atoms with Crippen molar-refractivity contribution < 1.29 is 48.7 Å². The zero-order valence-electron chi connectivity index (χ0n) is 26.7. The molecule has 1 aromatic rings. The third-order valence-electron chi connectivity index (χ3n) is 7.89. The average Bonchev–Trinajstić information content (AvgIpc) is 3.00. The molecule has 254 valence electrons. The summed E-state index contributed by atoms with van der Waals surface area (Å²) in [6.07, 6.45) is 0.574. The van der Waals surface area contributed by atoms with Gasteiger partial charge in [-0.25, -0.2) is 0 Å². The van der Waals surface area contributed by atoms with Gasteiger partial charge in [-0.1, -0.05) is 19.1 Å². The Morgan fingerprint density at radius 1 is 0.844 bits per heavy atom. The Kier molecular flexibility index (Phi) is 17.4. The molecule has 1 aliphatic rings. The van der Waals surface area contributed by atoms with Crippen molar-refractivity contribution in [3.8, 4) is 5.75 Å². The molecule has 0 aromatic heterocycles. The summed E-state index contributed by atoms with van der Waals surface area (Å²) in [6.45, 7) is 7.53. The van der Waals surface area contributed by atoms with Gasteiger partial charge in [-0.2, -0.15) is 0 Å². The highest BCUT2D eigenvalue weighted by Crippen LogP contribution is 2.16. The predicted octanol–water partition coefficient (Wildman–Crippen LogP) is -1.98. The molecular weight excluding hydrogens is 588 g/mol. The molecule has 2 unspecified atom stereocenters. The molecule has 2 rings (SSSR count). The second kappa shape index (κ2) is 20.7. The first-order valence-electron chi connectivity index (χ1n) is 15.5. The van der Waals surface area contributed by atoms with Gasteiger partial charge >= 0.3 is 11.9 Å². The standard InChI is InChI=1S/C31H50N4O10/c1-4-25(30(39)40)21-32-10-12-33(22-28(36)37)14-16-35(17-15-34(13-11-32)23-29(38)43-3)27(31(41)42)20-24-6-8-26(9-7-24)45-19-18-44-5-2/h6-9,25,27H,4-5,10-23H2,1-3H3,(H,36,37)(H,39,40)(H,41,42)/p-2. The zero-order chi connectivity index (χ0) is 33.2. The van der Waals surface area contributed by atoms with E-state index in [-0.39, 0.29) is 45.7 Å². The third kappa shape index (κ3) is 14.6. The van der Waals surface area contributed by atoms with Gasteiger partial charge < -0.3 is 44.0 Å². The van der Waals surface area contributed by atoms with Crippen LogP contribution in [0, 0.1) is 5.92 Å². The summed E-state index contributed by atoms with van der Waals surface area (Å²) in [5, 5.41) is 33.5. The molecule has 14 heteroatoms. The van der Waals surface area contributed by atoms with Crippen molar-refractivity contribution in [1.82, 2.24) is 19.6 Å². The summed E-state index contributed by atoms with van der Waals surface area (Å²) in [5.41, 5.74) is 0.790. The minimum atomic E-state index is -1.26. The molecule has 1 aromatic carbocycles. The maximum Gasteiger partial charge on any atom is 0.321 e. The summed E-state index contributed by atoms with van der Waals surface area (Å²) < 4.78 is 15.8. The number of carboxylic acids is 3. The summed E-state index contributed by atoms with van der Waals surface area (Å²) >= 11 is 0. The van der Waals surface area contributed by atoms with E-state index < -0.39 is 35.8 Å². The molecule has 1 N–H and O–H groups in total. The number of hydrogen-bond donors (Lipinski definition) is 1. The molecule has 1 saturated heterocycles. The van der Waals surface area contributed by atoms with E-state index in [0.29, 0.717) is 64.7 Å². The number of aliphatic carboxylic acids is 3. The van der Waals surface area contributed by atoms with Gasteiger partial charge in [0.1, 0.15) is 18.4 Å². The lowest BCUT2D eigenvalue weighted by Crippen LogP contribution is -2.53. The number of nitrogens with zero attached hydrogens (tertiary/aromatic N) is 4. The molecule has 0 bridgehead atoms. The Hall–Kier alpha value is -3.30. The van der Waals surface area contributed by atoms with Crippen LogP contribution in [-0.2, 0) is 35.1 Å². The van der Waals surface area contributed by atoms with E-state index >= 15 is 0 Å². The Balaban J connectivity index is 2.27. The molecule has 1 fully saturated rings. The highest BCUT2D eigenvalue weighted by Gasteiger charge is 2.28. The summed E-state index contributed by atoms with van der Waals surface area (Å²) in [5.74, 6) is -3.94. The molecule has 0 radical (unpaired) electrons. The van der Waals surface area contributed by atoms with Crippen LogP contribution >= 0.6 is 0 Å². The normalized spacial score (nSPS) is 17.8.